The van der Waals surface area contributed by atoms with Crippen LogP contribution in [0.3, 0.4) is 0 Å². The Morgan fingerprint density at radius 3 is 2.75 bits per heavy atom. The average Bonchev–Trinajstić information content (AvgIpc) is 2.39. The molecule has 1 aromatic rings. The summed E-state index contributed by atoms with van der Waals surface area (Å²) < 4.78 is 10.5. The summed E-state index contributed by atoms with van der Waals surface area (Å²) in [7, 11) is 1.62. The number of benzene rings is 1. The summed E-state index contributed by atoms with van der Waals surface area (Å²) in [6, 6.07) is 5.49. The maximum absolute atomic E-state index is 11.0. The van der Waals surface area contributed by atoms with E-state index in [-0.39, 0.29) is 0 Å². The van der Waals surface area contributed by atoms with Crippen LogP contribution in [0.5, 0.6) is 5.75 Å². The lowest BCUT2D eigenvalue weighted by Crippen LogP contribution is -2.36. The van der Waals surface area contributed by atoms with Crippen molar-refractivity contribution in [1.82, 2.24) is 0 Å². The van der Waals surface area contributed by atoms with Crippen LogP contribution in [-0.2, 0) is 4.74 Å². The molecule has 1 saturated heterocycles. The van der Waals surface area contributed by atoms with E-state index < -0.39 is 0 Å². The van der Waals surface area contributed by atoms with Crippen LogP contribution in [0.2, 0.25) is 0 Å². The molecule has 86 valence electrons. The predicted molar refractivity (Wildman–Crippen MR) is 61.4 cm³/mol. The molecule has 4 nitrogen and oxygen atoms in total. The van der Waals surface area contributed by atoms with E-state index in [1.807, 2.05) is 6.07 Å². The lowest BCUT2D eigenvalue weighted by molar-refractivity contribution is 0.111. The van der Waals surface area contributed by atoms with E-state index in [1.54, 1.807) is 19.2 Å². The zero-order chi connectivity index (χ0) is 11.4. The minimum absolute atomic E-state index is 0.697. The van der Waals surface area contributed by atoms with Crippen molar-refractivity contribution < 1.29 is 14.3 Å². The van der Waals surface area contributed by atoms with Crippen molar-refractivity contribution in [3.8, 4) is 5.75 Å². The average molecular weight is 221 g/mol. The SMILES string of the molecule is COc1ccc(C=O)c(N2CCOCC2)c1. The Hall–Kier alpha value is -1.55. The highest BCUT2D eigenvalue weighted by molar-refractivity contribution is 5.85. The molecule has 0 amide bonds. The van der Waals surface area contributed by atoms with Gasteiger partial charge in [0.1, 0.15) is 5.75 Å². The number of aldehydes is 1. The summed E-state index contributed by atoms with van der Waals surface area (Å²) >= 11 is 0. The fraction of sp³-hybridized carbons (Fsp3) is 0.417. The highest BCUT2D eigenvalue weighted by Crippen LogP contribution is 2.25. The largest absolute Gasteiger partial charge is 0.497 e. The number of rotatable bonds is 3. The molecule has 0 aliphatic carbocycles. The van der Waals surface area contributed by atoms with Crippen molar-refractivity contribution in [1.29, 1.82) is 0 Å². The van der Waals surface area contributed by atoms with Crippen molar-refractivity contribution in [2.45, 2.75) is 0 Å². The molecule has 0 aromatic heterocycles. The molecule has 0 N–H and O–H groups in total. The summed E-state index contributed by atoms with van der Waals surface area (Å²) in [4.78, 5) is 13.1. The maximum Gasteiger partial charge on any atom is 0.152 e. The van der Waals surface area contributed by atoms with E-state index in [4.69, 9.17) is 9.47 Å². The van der Waals surface area contributed by atoms with Gasteiger partial charge in [-0.3, -0.25) is 4.79 Å². The van der Waals surface area contributed by atoms with E-state index in [1.165, 1.54) is 0 Å². The Kier molecular flexibility index (Phi) is 3.41. The number of methoxy groups -OCH3 is 1. The van der Waals surface area contributed by atoms with Crippen molar-refractivity contribution in [3.63, 3.8) is 0 Å². The van der Waals surface area contributed by atoms with Gasteiger partial charge in [0.05, 0.1) is 26.0 Å². The Bertz CT molecular complexity index is 373. The molecule has 0 atom stereocenters. The number of nitrogens with zero attached hydrogens (tertiary/aromatic N) is 1. The molecular formula is C12H15NO3. The lowest BCUT2D eigenvalue weighted by atomic mass is 10.1. The van der Waals surface area contributed by atoms with Gasteiger partial charge in [-0.2, -0.15) is 0 Å². The highest BCUT2D eigenvalue weighted by Gasteiger charge is 2.15. The van der Waals surface area contributed by atoms with Crippen LogP contribution in [0.25, 0.3) is 0 Å². The van der Waals surface area contributed by atoms with Gasteiger partial charge in [0.2, 0.25) is 0 Å². The quantitative estimate of drug-likeness (QED) is 0.722. The summed E-state index contributed by atoms with van der Waals surface area (Å²) in [5.74, 6) is 0.770. The molecule has 0 spiro atoms. The van der Waals surface area contributed by atoms with Crippen LogP contribution in [0.4, 0.5) is 5.69 Å². The number of hydrogen-bond donors (Lipinski definition) is 0. The molecular weight excluding hydrogens is 206 g/mol. The fourth-order valence-corrected chi connectivity index (χ4v) is 1.83. The fourth-order valence-electron chi connectivity index (χ4n) is 1.83. The Balaban J connectivity index is 2.31. The standard InChI is InChI=1S/C12H15NO3/c1-15-11-3-2-10(9-14)12(8-11)13-4-6-16-7-5-13/h2-3,8-9H,4-7H2,1H3. The van der Waals surface area contributed by atoms with Crippen LogP contribution in [-0.4, -0.2) is 39.7 Å². The second kappa shape index (κ2) is 4.99. The first-order valence-electron chi connectivity index (χ1n) is 5.31. The van der Waals surface area contributed by atoms with Crippen LogP contribution in [0, 0.1) is 0 Å². The summed E-state index contributed by atoms with van der Waals surface area (Å²) in [5, 5.41) is 0. The molecule has 1 aromatic carbocycles. The minimum atomic E-state index is 0.697. The molecule has 0 bridgehead atoms. The van der Waals surface area contributed by atoms with Crippen molar-refractivity contribution >= 4 is 12.0 Å². The molecule has 4 heteroatoms. The Morgan fingerprint density at radius 1 is 1.38 bits per heavy atom. The Morgan fingerprint density at radius 2 is 2.12 bits per heavy atom. The van der Waals surface area contributed by atoms with Crippen molar-refractivity contribution in [2.75, 3.05) is 38.3 Å². The van der Waals surface area contributed by atoms with Crippen LogP contribution < -0.4 is 9.64 Å². The van der Waals surface area contributed by atoms with E-state index in [0.29, 0.717) is 18.8 Å². The van der Waals surface area contributed by atoms with Gasteiger partial charge in [-0.1, -0.05) is 0 Å². The number of anilines is 1. The number of ether oxygens (including phenoxy) is 2. The van der Waals surface area contributed by atoms with Gasteiger partial charge in [-0.05, 0) is 12.1 Å². The van der Waals surface area contributed by atoms with E-state index >= 15 is 0 Å². The topological polar surface area (TPSA) is 38.8 Å². The third-order valence-electron chi connectivity index (χ3n) is 2.72. The molecule has 1 aliphatic rings. The number of carbonyl (C=O) groups is 1. The molecule has 0 saturated carbocycles. The van der Waals surface area contributed by atoms with Gasteiger partial charge in [0.25, 0.3) is 0 Å². The monoisotopic (exact) mass is 221 g/mol. The second-order valence-corrected chi connectivity index (χ2v) is 3.64. The molecule has 2 rings (SSSR count). The minimum Gasteiger partial charge on any atom is -0.497 e. The second-order valence-electron chi connectivity index (χ2n) is 3.64. The van der Waals surface area contributed by atoms with Crippen molar-refractivity contribution in [3.05, 3.63) is 23.8 Å². The summed E-state index contributed by atoms with van der Waals surface area (Å²) in [5.41, 5.74) is 1.63. The molecule has 0 radical (unpaired) electrons. The number of hydrogen-bond acceptors (Lipinski definition) is 4. The molecule has 1 aliphatic heterocycles. The van der Waals surface area contributed by atoms with Gasteiger partial charge in [0, 0.05) is 24.7 Å². The summed E-state index contributed by atoms with van der Waals surface area (Å²) in [6.07, 6.45) is 0.879. The molecule has 1 fully saturated rings. The van der Waals surface area contributed by atoms with Crippen LogP contribution in [0.15, 0.2) is 18.2 Å². The normalized spacial score (nSPS) is 15.9. The highest BCUT2D eigenvalue weighted by atomic mass is 16.5. The van der Waals surface area contributed by atoms with Gasteiger partial charge < -0.3 is 14.4 Å². The maximum atomic E-state index is 11.0. The van der Waals surface area contributed by atoms with Gasteiger partial charge in [0.15, 0.2) is 6.29 Å². The van der Waals surface area contributed by atoms with E-state index in [9.17, 15) is 4.79 Å². The van der Waals surface area contributed by atoms with Crippen molar-refractivity contribution in [2.24, 2.45) is 0 Å². The molecule has 0 unspecified atom stereocenters. The van der Waals surface area contributed by atoms with Gasteiger partial charge >= 0.3 is 0 Å². The number of morpholine rings is 1. The van der Waals surface area contributed by atoms with E-state index in [0.717, 1.165) is 30.8 Å². The molecule has 1 heterocycles. The van der Waals surface area contributed by atoms with Gasteiger partial charge in [-0.25, -0.2) is 0 Å². The summed E-state index contributed by atoms with van der Waals surface area (Å²) in [6.45, 7) is 3.03. The third kappa shape index (κ3) is 2.17. The van der Waals surface area contributed by atoms with Gasteiger partial charge in [-0.15, -0.1) is 0 Å². The van der Waals surface area contributed by atoms with Crippen LogP contribution in [0.1, 0.15) is 10.4 Å². The first-order valence-corrected chi connectivity index (χ1v) is 5.31. The first-order chi connectivity index (χ1) is 7.85. The first kappa shape index (κ1) is 11.0. The van der Waals surface area contributed by atoms with Crippen LogP contribution >= 0.6 is 0 Å². The molecule has 16 heavy (non-hydrogen) atoms. The number of carbonyl (C=O) groups excluding carboxylic acids is 1. The zero-order valence-electron chi connectivity index (χ0n) is 9.31. The Labute approximate surface area is 94.8 Å². The zero-order valence-corrected chi connectivity index (χ0v) is 9.31. The smallest absolute Gasteiger partial charge is 0.152 e. The third-order valence-corrected chi connectivity index (χ3v) is 2.72. The lowest BCUT2D eigenvalue weighted by Gasteiger charge is -2.30. The predicted octanol–water partition coefficient (Wildman–Crippen LogP) is 1.34. The van der Waals surface area contributed by atoms with E-state index in [2.05, 4.69) is 4.90 Å².